The molecule has 3 heteroatoms. The standard InChI is InChI=1S/C11H16ClNO/c1-3-10(13)11(14)8-5-4-7(2)6-9(8)12/h4-6,10-11,14H,3,13H2,1-2H3/t10-,11+/m0/s1. The van der Waals surface area contributed by atoms with Crippen molar-refractivity contribution in [2.24, 2.45) is 5.73 Å². The highest BCUT2D eigenvalue weighted by Crippen LogP contribution is 2.26. The maximum atomic E-state index is 9.85. The van der Waals surface area contributed by atoms with Crippen molar-refractivity contribution in [3.05, 3.63) is 34.3 Å². The van der Waals surface area contributed by atoms with Gasteiger partial charge in [0.05, 0.1) is 6.10 Å². The Labute approximate surface area is 89.7 Å². The fraction of sp³-hybridized carbons (Fsp3) is 0.455. The van der Waals surface area contributed by atoms with Crippen LogP contribution in [0.4, 0.5) is 0 Å². The number of hydrogen-bond donors (Lipinski definition) is 2. The highest BCUT2D eigenvalue weighted by atomic mass is 35.5. The van der Waals surface area contributed by atoms with Gasteiger partial charge in [0.15, 0.2) is 0 Å². The molecular weight excluding hydrogens is 198 g/mol. The Morgan fingerprint density at radius 3 is 2.64 bits per heavy atom. The van der Waals surface area contributed by atoms with Crippen LogP contribution in [0.5, 0.6) is 0 Å². The minimum absolute atomic E-state index is 0.254. The molecule has 1 aromatic rings. The molecule has 0 aromatic heterocycles. The summed E-state index contributed by atoms with van der Waals surface area (Å²) in [7, 11) is 0. The number of aliphatic hydroxyl groups is 1. The molecule has 1 aromatic carbocycles. The van der Waals surface area contributed by atoms with Gasteiger partial charge in [-0.3, -0.25) is 0 Å². The Morgan fingerprint density at radius 2 is 2.14 bits per heavy atom. The Bertz CT molecular complexity index is 314. The molecule has 1 rings (SSSR count). The van der Waals surface area contributed by atoms with Crippen molar-refractivity contribution >= 4 is 11.6 Å². The zero-order valence-corrected chi connectivity index (χ0v) is 9.25. The van der Waals surface area contributed by atoms with E-state index >= 15 is 0 Å². The van der Waals surface area contributed by atoms with E-state index in [1.807, 2.05) is 32.0 Å². The van der Waals surface area contributed by atoms with Gasteiger partial charge >= 0.3 is 0 Å². The molecule has 0 radical (unpaired) electrons. The van der Waals surface area contributed by atoms with Crippen molar-refractivity contribution in [3.63, 3.8) is 0 Å². The molecule has 0 unspecified atom stereocenters. The lowest BCUT2D eigenvalue weighted by Crippen LogP contribution is -2.27. The quantitative estimate of drug-likeness (QED) is 0.810. The van der Waals surface area contributed by atoms with Crippen molar-refractivity contribution in [2.75, 3.05) is 0 Å². The minimum Gasteiger partial charge on any atom is -0.387 e. The first-order valence-electron chi connectivity index (χ1n) is 4.76. The van der Waals surface area contributed by atoms with E-state index in [-0.39, 0.29) is 6.04 Å². The van der Waals surface area contributed by atoms with Crippen LogP contribution in [-0.4, -0.2) is 11.1 Å². The summed E-state index contributed by atoms with van der Waals surface area (Å²) in [5, 5.41) is 10.4. The minimum atomic E-state index is -0.673. The molecular formula is C11H16ClNO. The molecule has 0 amide bonds. The zero-order chi connectivity index (χ0) is 10.7. The largest absolute Gasteiger partial charge is 0.387 e. The fourth-order valence-corrected chi connectivity index (χ4v) is 1.67. The highest BCUT2D eigenvalue weighted by Gasteiger charge is 2.17. The van der Waals surface area contributed by atoms with Crippen LogP contribution in [0.15, 0.2) is 18.2 Å². The van der Waals surface area contributed by atoms with Crippen LogP contribution < -0.4 is 5.73 Å². The maximum absolute atomic E-state index is 9.85. The predicted molar refractivity (Wildman–Crippen MR) is 59.4 cm³/mol. The third kappa shape index (κ3) is 2.47. The first kappa shape index (κ1) is 11.5. The third-order valence-electron chi connectivity index (χ3n) is 2.35. The van der Waals surface area contributed by atoms with Crippen LogP contribution in [0.3, 0.4) is 0 Å². The van der Waals surface area contributed by atoms with Crippen molar-refractivity contribution in [2.45, 2.75) is 32.4 Å². The summed E-state index contributed by atoms with van der Waals surface area (Å²) in [6.45, 7) is 3.90. The van der Waals surface area contributed by atoms with Gasteiger partial charge in [-0.1, -0.05) is 30.7 Å². The van der Waals surface area contributed by atoms with Crippen LogP contribution >= 0.6 is 11.6 Å². The first-order valence-corrected chi connectivity index (χ1v) is 5.13. The summed E-state index contributed by atoms with van der Waals surface area (Å²) in [5.41, 5.74) is 7.54. The number of nitrogens with two attached hydrogens (primary N) is 1. The van der Waals surface area contributed by atoms with Crippen molar-refractivity contribution in [1.82, 2.24) is 0 Å². The topological polar surface area (TPSA) is 46.2 Å². The molecule has 0 aliphatic rings. The van der Waals surface area contributed by atoms with E-state index in [0.717, 1.165) is 12.0 Å². The average Bonchev–Trinajstić information content (AvgIpc) is 2.15. The lowest BCUT2D eigenvalue weighted by atomic mass is 10.00. The van der Waals surface area contributed by atoms with E-state index in [1.165, 1.54) is 0 Å². The van der Waals surface area contributed by atoms with E-state index in [2.05, 4.69) is 0 Å². The SMILES string of the molecule is CC[C@H](N)[C@H](O)c1ccc(C)cc1Cl. The molecule has 0 saturated heterocycles. The molecule has 14 heavy (non-hydrogen) atoms. The Morgan fingerprint density at radius 1 is 1.50 bits per heavy atom. The zero-order valence-electron chi connectivity index (χ0n) is 8.50. The number of aliphatic hydroxyl groups excluding tert-OH is 1. The first-order chi connectivity index (χ1) is 6.56. The second-order valence-corrected chi connectivity index (χ2v) is 3.95. The molecule has 0 spiro atoms. The van der Waals surface area contributed by atoms with Gasteiger partial charge in [-0.2, -0.15) is 0 Å². The molecule has 2 nitrogen and oxygen atoms in total. The van der Waals surface area contributed by atoms with Crippen LogP contribution in [0, 0.1) is 6.92 Å². The highest BCUT2D eigenvalue weighted by molar-refractivity contribution is 6.31. The fourth-order valence-electron chi connectivity index (χ4n) is 1.33. The molecule has 0 aliphatic carbocycles. The number of benzene rings is 1. The third-order valence-corrected chi connectivity index (χ3v) is 2.68. The summed E-state index contributed by atoms with van der Waals surface area (Å²) in [4.78, 5) is 0. The van der Waals surface area contributed by atoms with Crippen LogP contribution in [0.25, 0.3) is 0 Å². The monoisotopic (exact) mass is 213 g/mol. The van der Waals surface area contributed by atoms with E-state index in [1.54, 1.807) is 0 Å². The predicted octanol–water partition coefficient (Wildman–Crippen LogP) is 2.42. The summed E-state index contributed by atoms with van der Waals surface area (Å²) in [6, 6.07) is 5.34. The molecule has 78 valence electrons. The second-order valence-electron chi connectivity index (χ2n) is 3.54. The van der Waals surface area contributed by atoms with Gasteiger partial charge in [0.1, 0.15) is 0 Å². The molecule has 0 heterocycles. The molecule has 0 aliphatic heterocycles. The van der Waals surface area contributed by atoms with Crippen LogP contribution in [-0.2, 0) is 0 Å². The summed E-state index contributed by atoms with van der Waals surface area (Å²) < 4.78 is 0. The van der Waals surface area contributed by atoms with Crippen molar-refractivity contribution in [1.29, 1.82) is 0 Å². The van der Waals surface area contributed by atoms with E-state index < -0.39 is 6.10 Å². The van der Waals surface area contributed by atoms with Gasteiger partial charge in [0.25, 0.3) is 0 Å². The Hall–Kier alpha value is -0.570. The van der Waals surface area contributed by atoms with Gasteiger partial charge < -0.3 is 10.8 Å². The summed E-state index contributed by atoms with van der Waals surface area (Å²) >= 11 is 6.01. The molecule has 0 bridgehead atoms. The van der Waals surface area contributed by atoms with Gasteiger partial charge in [-0.15, -0.1) is 0 Å². The number of halogens is 1. The molecule has 0 saturated carbocycles. The van der Waals surface area contributed by atoms with Gasteiger partial charge in [0.2, 0.25) is 0 Å². The number of hydrogen-bond acceptors (Lipinski definition) is 2. The normalized spacial score (nSPS) is 15.2. The summed E-state index contributed by atoms with van der Waals surface area (Å²) in [6.07, 6.45) is 0.0545. The number of rotatable bonds is 3. The Kier molecular flexibility index (Phi) is 3.93. The summed E-state index contributed by atoms with van der Waals surface area (Å²) in [5.74, 6) is 0. The van der Waals surface area contributed by atoms with E-state index in [4.69, 9.17) is 17.3 Å². The van der Waals surface area contributed by atoms with Crippen LogP contribution in [0.1, 0.15) is 30.6 Å². The van der Waals surface area contributed by atoms with Crippen molar-refractivity contribution < 1.29 is 5.11 Å². The average molecular weight is 214 g/mol. The van der Waals surface area contributed by atoms with E-state index in [0.29, 0.717) is 10.6 Å². The van der Waals surface area contributed by atoms with Crippen molar-refractivity contribution in [3.8, 4) is 0 Å². The lowest BCUT2D eigenvalue weighted by Gasteiger charge is -2.18. The van der Waals surface area contributed by atoms with Crippen LogP contribution in [0.2, 0.25) is 5.02 Å². The second kappa shape index (κ2) is 4.78. The Balaban J connectivity index is 2.95. The smallest absolute Gasteiger partial charge is 0.0955 e. The molecule has 2 atom stereocenters. The molecule has 3 N–H and O–H groups in total. The van der Waals surface area contributed by atoms with E-state index in [9.17, 15) is 5.11 Å². The van der Waals surface area contributed by atoms with Gasteiger partial charge in [0, 0.05) is 16.6 Å². The number of aryl methyl sites for hydroxylation is 1. The lowest BCUT2D eigenvalue weighted by molar-refractivity contribution is 0.144. The van der Waals surface area contributed by atoms with Gasteiger partial charge in [-0.05, 0) is 25.0 Å². The van der Waals surface area contributed by atoms with Gasteiger partial charge in [-0.25, -0.2) is 0 Å². The maximum Gasteiger partial charge on any atom is 0.0955 e. The molecule has 0 fully saturated rings.